The minimum atomic E-state index is -3.02. The third-order valence-electron chi connectivity index (χ3n) is 3.58. The maximum atomic E-state index is 12.7. The highest BCUT2D eigenvalue weighted by Gasteiger charge is 2.19. The average molecular weight is 401 g/mol. The molecule has 6 nitrogen and oxygen atoms in total. The van der Waals surface area contributed by atoms with Gasteiger partial charge in [0, 0.05) is 29.7 Å². The number of likely N-dealkylation sites (N-methyl/N-ethyl adjacent to an activating group) is 1. The van der Waals surface area contributed by atoms with E-state index in [0.717, 1.165) is 0 Å². The highest BCUT2D eigenvalue weighted by atomic mass is 35.5. The number of nitrogens with one attached hydrogen (secondary N) is 1. The molecule has 0 radical (unpaired) electrons. The van der Waals surface area contributed by atoms with Gasteiger partial charge in [-0.25, -0.2) is 9.67 Å². The zero-order valence-corrected chi connectivity index (χ0v) is 14.9. The van der Waals surface area contributed by atoms with E-state index in [9.17, 15) is 13.6 Å². The summed E-state index contributed by atoms with van der Waals surface area (Å²) in [6.45, 7) is -3.02. The first-order valence-corrected chi connectivity index (χ1v) is 8.13. The van der Waals surface area contributed by atoms with Gasteiger partial charge >= 0.3 is 6.61 Å². The quantitative estimate of drug-likeness (QED) is 0.664. The van der Waals surface area contributed by atoms with Crippen molar-refractivity contribution in [1.29, 1.82) is 0 Å². The molecule has 1 N–H and O–H groups in total. The predicted molar refractivity (Wildman–Crippen MR) is 93.3 cm³/mol. The Hall–Kier alpha value is -2.45. The smallest absolute Gasteiger partial charge is 0.387 e. The second-order valence-corrected chi connectivity index (χ2v) is 6.05. The lowest BCUT2D eigenvalue weighted by Gasteiger charge is -2.12. The SMILES string of the molecule is CNC(=O)Cc1nn(-c2cc(Cl)ccc2OC(F)F)c2cc(Cl)ncc12. The summed E-state index contributed by atoms with van der Waals surface area (Å²) in [6.07, 6.45) is 1.45. The van der Waals surface area contributed by atoms with E-state index in [1.54, 1.807) is 0 Å². The molecule has 1 amide bonds. The number of pyridine rings is 1. The van der Waals surface area contributed by atoms with Gasteiger partial charge in [-0.15, -0.1) is 0 Å². The van der Waals surface area contributed by atoms with Crippen LogP contribution >= 0.6 is 23.2 Å². The number of carbonyl (C=O) groups excluding carboxylic acids is 1. The van der Waals surface area contributed by atoms with Crippen LogP contribution in [0.5, 0.6) is 5.75 Å². The van der Waals surface area contributed by atoms with Crippen molar-refractivity contribution in [2.75, 3.05) is 7.05 Å². The molecule has 3 rings (SSSR count). The molecule has 0 bridgehead atoms. The van der Waals surface area contributed by atoms with E-state index in [1.165, 1.54) is 42.2 Å². The summed E-state index contributed by atoms with van der Waals surface area (Å²) < 4.78 is 31.4. The molecular formula is C16H12Cl2F2N4O2. The van der Waals surface area contributed by atoms with Crippen LogP contribution in [0.3, 0.4) is 0 Å². The summed E-state index contributed by atoms with van der Waals surface area (Å²) >= 11 is 12.0. The molecule has 1 aromatic carbocycles. The van der Waals surface area contributed by atoms with Gasteiger partial charge in [0.1, 0.15) is 10.8 Å². The second kappa shape index (κ2) is 7.43. The van der Waals surface area contributed by atoms with E-state index in [-0.39, 0.29) is 28.9 Å². The summed E-state index contributed by atoms with van der Waals surface area (Å²) in [5.41, 5.74) is 1.07. The average Bonchev–Trinajstić information content (AvgIpc) is 2.93. The van der Waals surface area contributed by atoms with Crippen LogP contribution < -0.4 is 10.1 Å². The first-order chi connectivity index (χ1) is 12.4. The fraction of sp³-hybridized carbons (Fsp3) is 0.188. The van der Waals surface area contributed by atoms with Gasteiger partial charge in [-0.1, -0.05) is 23.2 Å². The number of amides is 1. The number of aromatic nitrogens is 3. The minimum absolute atomic E-state index is 0.0189. The molecule has 0 spiro atoms. The molecular weight excluding hydrogens is 389 g/mol. The van der Waals surface area contributed by atoms with Crippen LogP contribution in [-0.2, 0) is 11.2 Å². The number of benzene rings is 1. The third kappa shape index (κ3) is 3.71. The van der Waals surface area contributed by atoms with Crippen LogP contribution in [0.2, 0.25) is 10.2 Å². The van der Waals surface area contributed by atoms with Gasteiger partial charge < -0.3 is 10.1 Å². The Morgan fingerprint density at radius 2 is 2.12 bits per heavy atom. The Morgan fingerprint density at radius 3 is 2.81 bits per heavy atom. The van der Waals surface area contributed by atoms with E-state index in [4.69, 9.17) is 23.2 Å². The molecule has 2 aromatic heterocycles. The summed E-state index contributed by atoms with van der Waals surface area (Å²) in [7, 11) is 1.50. The Kier molecular flexibility index (Phi) is 5.24. The van der Waals surface area contributed by atoms with E-state index >= 15 is 0 Å². The number of alkyl halides is 2. The molecule has 0 fully saturated rings. The van der Waals surface area contributed by atoms with Crippen LogP contribution in [0.25, 0.3) is 16.6 Å². The number of fused-ring (bicyclic) bond motifs is 1. The Morgan fingerprint density at radius 1 is 1.35 bits per heavy atom. The van der Waals surface area contributed by atoms with Crippen LogP contribution in [0.4, 0.5) is 8.78 Å². The van der Waals surface area contributed by atoms with Crippen molar-refractivity contribution in [3.63, 3.8) is 0 Å². The maximum Gasteiger partial charge on any atom is 0.387 e. The van der Waals surface area contributed by atoms with Gasteiger partial charge in [0.2, 0.25) is 5.91 Å². The van der Waals surface area contributed by atoms with E-state index in [1.807, 2.05) is 0 Å². The zero-order valence-electron chi connectivity index (χ0n) is 13.3. The standard InChI is InChI=1S/C16H12Cl2F2N4O2/c1-21-15(25)5-10-9-7-22-14(18)6-11(9)24(23-10)12-4-8(17)2-3-13(12)26-16(19)20/h2-4,6-7,16H,5H2,1H3,(H,21,25). The predicted octanol–water partition coefficient (Wildman–Crippen LogP) is 3.62. The molecule has 0 saturated carbocycles. The van der Waals surface area contributed by atoms with Crippen LogP contribution in [-0.4, -0.2) is 34.3 Å². The number of hydrogen-bond donors (Lipinski definition) is 1. The number of carbonyl (C=O) groups is 1. The van der Waals surface area contributed by atoms with Crippen molar-refractivity contribution < 1.29 is 18.3 Å². The fourth-order valence-corrected chi connectivity index (χ4v) is 2.77. The second-order valence-electron chi connectivity index (χ2n) is 5.22. The molecule has 2 heterocycles. The number of hydrogen-bond acceptors (Lipinski definition) is 4. The van der Waals surface area contributed by atoms with Crippen LogP contribution in [0, 0.1) is 0 Å². The van der Waals surface area contributed by atoms with Crippen molar-refractivity contribution in [2.24, 2.45) is 0 Å². The van der Waals surface area contributed by atoms with E-state index in [0.29, 0.717) is 21.6 Å². The molecule has 0 aliphatic carbocycles. The van der Waals surface area contributed by atoms with Crippen LogP contribution in [0.1, 0.15) is 5.69 Å². The fourth-order valence-electron chi connectivity index (χ4n) is 2.45. The van der Waals surface area contributed by atoms with Gasteiger partial charge in [0.25, 0.3) is 0 Å². The normalized spacial score (nSPS) is 11.2. The van der Waals surface area contributed by atoms with E-state index in [2.05, 4.69) is 20.1 Å². The highest BCUT2D eigenvalue weighted by molar-refractivity contribution is 6.31. The molecule has 10 heteroatoms. The molecule has 0 unspecified atom stereocenters. The summed E-state index contributed by atoms with van der Waals surface area (Å²) in [5.74, 6) is -0.380. The Bertz CT molecular complexity index is 978. The lowest BCUT2D eigenvalue weighted by molar-refractivity contribution is -0.120. The Balaban J connectivity index is 2.23. The van der Waals surface area contributed by atoms with Gasteiger partial charge in [0.15, 0.2) is 5.75 Å². The van der Waals surface area contributed by atoms with Gasteiger partial charge in [-0.3, -0.25) is 4.79 Å². The monoisotopic (exact) mass is 400 g/mol. The summed E-state index contributed by atoms with van der Waals surface area (Å²) in [6, 6.07) is 5.70. The van der Waals surface area contributed by atoms with Crippen molar-refractivity contribution in [3.05, 3.63) is 46.3 Å². The number of ether oxygens (including phenoxy) is 1. The lowest BCUT2D eigenvalue weighted by Crippen LogP contribution is -2.20. The van der Waals surface area contributed by atoms with Crippen molar-refractivity contribution in [2.45, 2.75) is 13.0 Å². The first kappa shape index (κ1) is 18.3. The van der Waals surface area contributed by atoms with Crippen molar-refractivity contribution in [1.82, 2.24) is 20.1 Å². The molecule has 26 heavy (non-hydrogen) atoms. The number of rotatable bonds is 5. The summed E-state index contributed by atoms with van der Waals surface area (Å²) in [5, 5.41) is 7.92. The minimum Gasteiger partial charge on any atom is -0.433 e. The van der Waals surface area contributed by atoms with Crippen molar-refractivity contribution >= 4 is 40.0 Å². The summed E-state index contributed by atoms with van der Waals surface area (Å²) in [4.78, 5) is 15.8. The highest BCUT2D eigenvalue weighted by Crippen LogP contribution is 2.32. The maximum absolute atomic E-state index is 12.7. The molecule has 0 saturated heterocycles. The third-order valence-corrected chi connectivity index (χ3v) is 4.02. The van der Waals surface area contributed by atoms with Gasteiger partial charge in [0.05, 0.1) is 17.6 Å². The number of nitrogens with zero attached hydrogens (tertiary/aromatic N) is 3. The van der Waals surface area contributed by atoms with Crippen LogP contribution in [0.15, 0.2) is 30.5 Å². The molecule has 0 aliphatic rings. The topological polar surface area (TPSA) is 69.0 Å². The molecule has 136 valence electrons. The first-order valence-electron chi connectivity index (χ1n) is 7.37. The molecule has 3 aromatic rings. The van der Waals surface area contributed by atoms with E-state index < -0.39 is 6.61 Å². The van der Waals surface area contributed by atoms with Gasteiger partial charge in [-0.2, -0.15) is 13.9 Å². The number of halogens is 4. The Labute approximate surface area is 156 Å². The van der Waals surface area contributed by atoms with Crippen molar-refractivity contribution in [3.8, 4) is 11.4 Å². The molecule has 0 aliphatic heterocycles. The van der Waals surface area contributed by atoms with Gasteiger partial charge in [-0.05, 0) is 18.2 Å². The molecule has 0 atom stereocenters. The zero-order chi connectivity index (χ0) is 18.8. The largest absolute Gasteiger partial charge is 0.433 e. The lowest BCUT2D eigenvalue weighted by atomic mass is 10.2.